The molecule has 0 saturated heterocycles. The maximum atomic E-state index is 9.77. The zero-order chi connectivity index (χ0) is 13.8. The Labute approximate surface area is 130 Å². The molecule has 2 N–H and O–H groups in total. The van der Waals surface area contributed by atoms with E-state index < -0.39 is 6.10 Å². The zero-order valence-electron chi connectivity index (χ0n) is 11.2. The molecule has 0 saturated carbocycles. The van der Waals surface area contributed by atoms with E-state index in [2.05, 4.69) is 5.32 Å². The summed E-state index contributed by atoms with van der Waals surface area (Å²) < 4.78 is 5.44. The van der Waals surface area contributed by atoms with Crippen LogP contribution in [0.2, 0.25) is 10.0 Å². The Hall–Kier alpha value is -0.190. The first-order chi connectivity index (χ1) is 8.28. The lowest BCUT2D eigenvalue weighted by molar-refractivity contribution is 0.100. The van der Waals surface area contributed by atoms with Crippen LogP contribution in [0.25, 0.3) is 0 Å². The Morgan fingerprint density at radius 1 is 1.32 bits per heavy atom. The Balaban J connectivity index is 0.00000324. The van der Waals surface area contributed by atoms with E-state index in [0.717, 1.165) is 0 Å². The van der Waals surface area contributed by atoms with Gasteiger partial charge in [0.25, 0.3) is 0 Å². The van der Waals surface area contributed by atoms with Crippen molar-refractivity contribution in [1.82, 2.24) is 5.32 Å². The summed E-state index contributed by atoms with van der Waals surface area (Å²) in [5, 5.41) is 14.0. The third kappa shape index (κ3) is 7.85. The number of hydrogen-bond donors (Lipinski definition) is 2. The average molecular weight is 329 g/mol. The Morgan fingerprint density at radius 2 is 1.95 bits per heavy atom. The fraction of sp³-hybridized carbons (Fsp3) is 0.538. The van der Waals surface area contributed by atoms with E-state index >= 15 is 0 Å². The van der Waals surface area contributed by atoms with Crippen molar-refractivity contribution in [1.29, 1.82) is 0 Å². The van der Waals surface area contributed by atoms with E-state index in [9.17, 15) is 5.11 Å². The molecule has 110 valence electrons. The van der Waals surface area contributed by atoms with Gasteiger partial charge in [-0.2, -0.15) is 0 Å². The quantitative estimate of drug-likeness (QED) is 0.868. The van der Waals surface area contributed by atoms with Crippen LogP contribution < -0.4 is 10.1 Å². The highest BCUT2D eigenvalue weighted by Crippen LogP contribution is 2.27. The second-order valence-corrected chi connectivity index (χ2v) is 6.01. The van der Waals surface area contributed by atoms with Crippen molar-refractivity contribution >= 4 is 35.6 Å². The molecule has 1 aromatic carbocycles. The molecule has 0 fully saturated rings. The van der Waals surface area contributed by atoms with Crippen LogP contribution in [0, 0.1) is 0 Å². The summed E-state index contributed by atoms with van der Waals surface area (Å²) in [5.41, 5.74) is -0.0331. The highest BCUT2D eigenvalue weighted by Gasteiger charge is 2.13. The lowest BCUT2D eigenvalue weighted by Crippen LogP contribution is -2.42. The Kier molecular flexibility index (Phi) is 8.09. The van der Waals surface area contributed by atoms with E-state index in [0.29, 0.717) is 22.3 Å². The lowest BCUT2D eigenvalue weighted by atomic mass is 10.1. The number of benzene rings is 1. The molecule has 1 atom stereocenters. The van der Waals surface area contributed by atoms with Crippen LogP contribution >= 0.6 is 35.6 Å². The van der Waals surface area contributed by atoms with E-state index in [1.54, 1.807) is 18.2 Å². The van der Waals surface area contributed by atoms with Gasteiger partial charge in [0.2, 0.25) is 0 Å². The van der Waals surface area contributed by atoms with Crippen molar-refractivity contribution in [2.45, 2.75) is 32.4 Å². The minimum Gasteiger partial charge on any atom is -0.489 e. The number of ether oxygens (including phenoxy) is 1. The van der Waals surface area contributed by atoms with Gasteiger partial charge < -0.3 is 15.2 Å². The van der Waals surface area contributed by atoms with Crippen molar-refractivity contribution in [2.75, 3.05) is 13.2 Å². The molecule has 0 aromatic heterocycles. The largest absolute Gasteiger partial charge is 0.489 e. The number of aliphatic hydroxyl groups excluding tert-OH is 1. The smallest absolute Gasteiger partial charge is 0.139 e. The maximum absolute atomic E-state index is 9.77. The van der Waals surface area contributed by atoms with Gasteiger partial charge in [-0.05, 0) is 32.9 Å². The first-order valence-electron chi connectivity index (χ1n) is 5.79. The molecule has 19 heavy (non-hydrogen) atoms. The summed E-state index contributed by atoms with van der Waals surface area (Å²) in [6.45, 7) is 6.74. The van der Waals surface area contributed by atoms with Crippen LogP contribution in [0.4, 0.5) is 0 Å². The highest BCUT2D eigenvalue weighted by molar-refractivity contribution is 6.34. The monoisotopic (exact) mass is 327 g/mol. The van der Waals surface area contributed by atoms with E-state index in [4.69, 9.17) is 27.9 Å². The van der Waals surface area contributed by atoms with E-state index in [1.807, 2.05) is 20.8 Å². The van der Waals surface area contributed by atoms with Crippen molar-refractivity contribution in [3.05, 3.63) is 28.2 Å². The van der Waals surface area contributed by atoms with Gasteiger partial charge in [-0.25, -0.2) is 0 Å². The fourth-order valence-electron chi connectivity index (χ4n) is 1.26. The van der Waals surface area contributed by atoms with E-state index in [1.165, 1.54) is 0 Å². The van der Waals surface area contributed by atoms with Gasteiger partial charge >= 0.3 is 0 Å². The van der Waals surface area contributed by atoms with Crippen molar-refractivity contribution in [3.8, 4) is 5.75 Å². The molecule has 0 spiro atoms. The maximum Gasteiger partial charge on any atom is 0.139 e. The highest BCUT2D eigenvalue weighted by atomic mass is 35.5. The molecule has 0 aliphatic carbocycles. The summed E-state index contributed by atoms with van der Waals surface area (Å²) in [4.78, 5) is 0. The molecule has 1 aromatic rings. The standard InChI is InChI=1S/C13H19Cl2NO2.ClH/c1-13(2,3)16-7-10(17)8-18-12-6-9(14)4-5-11(12)15;/h4-6,10,16-17H,7-8H2,1-3H3;1H/t10-;/m1./s1. The molecule has 0 bridgehead atoms. The van der Waals surface area contributed by atoms with Crippen LogP contribution in [-0.2, 0) is 0 Å². The van der Waals surface area contributed by atoms with Crippen molar-refractivity contribution < 1.29 is 9.84 Å². The normalized spacial score (nSPS) is 12.7. The zero-order valence-corrected chi connectivity index (χ0v) is 13.6. The van der Waals surface area contributed by atoms with Crippen LogP contribution in [-0.4, -0.2) is 29.9 Å². The molecular weight excluding hydrogens is 309 g/mol. The summed E-state index contributed by atoms with van der Waals surface area (Å²) in [6, 6.07) is 4.99. The molecule has 0 aliphatic rings. The van der Waals surface area contributed by atoms with Crippen LogP contribution in [0.3, 0.4) is 0 Å². The molecule has 0 unspecified atom stereocenters. The summed E-state index contributed by atoms with van der Waals surface area (Å²) >= 11 is 11.8. The number of halogens is 3. The van der Waals surface area contributed by atoms with Crippen molar-refractivity contribution in [2.24, 2.45) is 0 Å². The third-order valence-corrected chi connectivity index (χ3v) is 2.74. The first kappa shape index (κ1) is 18.8. The minimum atomic E-state index is -0.598. The second-order valence-electron chi connectivity index (χ2n) is 5.17. The number of β-amino-alcohol motifs (C(OH)–C–C–N with tert-alkyl or cyclic N) is 1. The number of nitrogens with one attached hydrogen (secondary N) is 1. The number of hydrogen-bond acceptors (Lipinski definition) is 3. The van der Waals surface area contributed by atoms with Crippen LogP contribution in [0.1, 0.15) is 20.8 Å². The van der Waals surface area contributed by atoms with Crippen molar-refractivity contribution in [3.63, 3.8) is 0 Å². The van der Waals surface area contributed by atoms with Gasteiger partial charge in [-0.1, -0.05) is 23.2 Å². The minimum absolute atomic E-state index is 0. The Morgan fingerprint density at radius 3 is 2.53 bits per heavy atom. The fourth-order valence-corrected chi connectivity index (χ4v) is 1.59. The number of rotatable bonds is 5. The summed E-state index contributed by atoms with van der Waals surface area (Å²) in [7, 11) is 0. The molecule has 6 heteroatoms. The molecule has 0 radical (unpaired) electrons. The Bertz CT molecular complexity index is 394. The number of aliphatic hydroxyl groups is 1. The molecule has 0 heterocycles. The lowest BCUT2D eigenvalue weighted by Gasteiger charge is -2.23. The second kappa shape index (κ2) is 8.18. The van der Waals surface area contributed by atoms with Crippen LogP contribution in [0.15, 0.2) is 18.2 Å². The van der Waals surface area contributed by atoms with Gasteiger partial charge in [0, 0.05) is 23.2 Å². The van der Waals surface area contributed by atoms with Gasteiger partial charge in [0.15, 0.2) is 0 Å². The summed E-state index contributed by atoms with van der Waals surface area (Å²) in [5.74, 6) is 0.485. The molecule has 3 nitrogen and oxygen atoms in total. The van der Waals surface area contributed by atoms with Gasteiger partial charge in [0.05, 0.1) is 5.02 Å². The van der Waals surface area contributed by atoms with E-state index in [-0.39, 0.29) is 24.6 Å². The predicted molar refractivity (Wildman–Crippen MR) is 83.0 cm³/mol. The summed E-state index contributed by atoms with van der Waals surface area (Å²) in [6.07, 6.45) is -0.598. The predicted octanol–water partition coefficient (Wildman–Crippen LogP) is 3.54. The molecule has 0 aliphatic heterocycles. The molecular formula is C13H20Cl3NO2. The van der Waals surface area contributed by atoms with Gasteiger partial charge in [0.1, 0.15) is 18.5 Å². The van der Waals surface area contributed by atoms with Crippen LogP contribution in [0.5, 0.6) is 5.75 Å². The average Bonchev–Trinajstić information content (AvgIpc) is 2.26. The van der Waals surface area contributed by atoms with Gasteiger partial charge in [-0.15, -0.1) is 12.4 Å². The first-order valence-corrected chi connectivity index (χ1v) is 6.54. The van der Waals surface area contributed by atoms with Gasteiger partial charge in [-0.3, -0.25) is 0 Å². The third-order valence-electron chi connectivity index (χ3n) is 2.19. The molecule has 0 amide bonds. The molecule has 1 rings (SSSR count). The SMILES string of the molecule is CC(C)(C)NC[C@@H](O)COc1cc(Cl)ccc1Cl.Cl. The topological polar surface area (TPSA) is 41.5 Å².